The molecule has 0 bridgehead atoms. The van der Waals surface area contributed by atoms with Gasteiger partial charge in [-0.15, -0.1) is 11.3 Å². The lowest BCUT2D eigenvalue weighted by Gasteiger charge is -2.23. The molecule has 1 saturated heterocycles. The van der Waals surface area contributed by atoms with Crippen molar-refractivity contribution < 1.29 is 4.79 Å². The van der Waals surface area contributed by atoms with E-state index < -0.39 is 0 Å². The van der Waals surface area contributed by atoms with Crippen LogP contribution in [0.4, 0.5) is 0 Å². The Labute approximate surface area is 134 Å². The van der Waals surface area contributed by atoms with E-state index in [1.165, 1.54) is 21.6 Å². The average molecular weight is 312 g/mol. The standard InChI is InChI=1S/C18H20N2OS/c21-18(20-14-5-3-9-19-11-14)16-10-13-8-7-12-4-1-2-6-15(12)17(13)22-16/h1-2,4,6,10,14,19H,3,5,7-9,11H2,(H,20,21)/t14-/m0/s1. The SMILES string of the molecule is O=C(N[C@H]1CCCNC1)c1cc2c(s1)-c1ccccc1CC2. The number of benzene rings is 1. The second kappa shape index (κ2) is 5.86. The van der Waals surface area contributed by atoms with Crippen molar-refractivity contribution in [2.75, 3.05) is 13.1 Å². The summed E-state index contributed by atoms with van der Waals surface area (Å²) < 4.78 is 0. The van der Waals surface area contributed by atoms with Crippen LogP contribution in [0.2, 0.25) is 0 Å². The molecule has 1 aromatic heterocycles. The molecule has 2 aliphatic rings. The van der Waals surface area contributed by atoms with Gasteiger partial charge in [0, 0.05) is 17.5 Å². The zero-order valence-electron chi connectivity index (χ0n) is 12.5. The Morgan fingerprint density at radius 1 is 1.23 bits per heavy atom. The first-order valence-corrected chi connectivity index (χ1v) is 8.85. The van der Waals surface area contributed by atoms with Gasteiger partial charge in [0.1, 0.15) is 0 Å². The molecule has 114 valence electrons. The van der Waals surface area contributed by atoms with Gasteiger partial charge in [-0.1, -0.05) is 24.3 Å². The van der Waals surface area contributed by atoms with Crippen LogP contribution in [0.5, 0.6) is 0 Å². The molecule has 0 spiro atoms. The highest BCUT2D eigenvalue weighted by Gasteiger charge is 2.23. The van der Waals surface area contributed by atoms with E-state index >= 15 is 0 Å². The molecule has 1 aliphatic heterocycles. The van der Waals surface area contributed by atoms with Crippen LogP contribution in [0.25, 0.3) is 10.4 Å². The van der Waals surface area contributed by atoms with Gasteiger partial charge in [-0.05, 0) is 55.0 Å². The topological polar surface area (TPSA) is 41.1 Å². The normalized spacial score (nSPS) is 20.1. The highest BCUT2D eigenvalue weighted by atomic mass is 32.1. The van der Waals surface area contributed by atoms with Gasteiger partial charge in [0.25, 0.3) is 5.91 Å². The fraction of sp³-hybridized carbons (Fsp3) is 0.389. The van der Waals surface area contributed by atoms with Crippen LogP contribution in [0, 0.1) is 0 Å². The van der Waals surface area contributed by atoms with Gasteiger partial charge in [0.15, 0.2) is 0 Å². The molecule has 22 heavy (non-hydrogen) atoms. The van der Waals surface area contributed by atoms with Crippen molar-refractivity contribution in [1.82, 2.24) is 10.6 Å². The maximum atomic E-state index is 12.5. The number of aryl methyl sites for hydroxylation is 2. The fourth-order valence-corrected chi connectivity index (χ4v) is 4.59. The Bertz CT molecular complexity index is 701. The van der Waals surface area contributed by atoms with Crippen LogP contribution >= 0.6 is 11.3 Å². The van der Waals surface area contributed by atoms with E-state index in [0.29, 0.717) is 0 Å². The van der Waals surface area contributed by atoms with Crippen LogP contribution in [-0.2, 0) is 12.8 Å². The lowest BCUT2D eigenvalue weighted by molar-refractivity contribution is 0.0935. The highest BCUT2D eigenvalue weighted by molar-refractivity contribution is 7.17. The van der Waals surface area contributed by atoms with Crippen LogP contribution in [-0.4, -0.2) is 25.0 Å². The number of hydrogen-bond acceptors (Lipinski definition) is 3. The van der Waals surface area contributed by atoms with E-state index in [1.807, 2.05) is 0 Å². The number of nitrogens with one attached hydrogen (secondary N) is 2. The maximum Gasteiger partial charge on any atom is 0.261 e. The zero-order chi connectivity index (χ0) is 14.9. The summed E-state index contributed by atoms with van der Waals surface area (Å²) in [4.78, 5) is 14.7. The van der Waals surface area contributed by atoms with Crippen molar-refractivity contribution in [2.24, 2.45) is 0 Å². The molecule has 0 radical (unpaired) electrons. The summed E-state index contributed by atoms with van der Waals surface area (Å²) in [5.41, 5.74) is 4.04. The van der Waals surface area contributed by atoms with E-state index in [-0.39, 0.29) is 11.9 Å². The molecule has 0 unspecified atom stereocenters. The van der Waals surface area contributed by atoms with Crippen molar-refractivity contribution in [3.8, 4) is 10.4 Å². The number of hydrogen-bond donors (Lipinski definition) is 2. The molecule has 0 saturated carbocycles. The number of thiophene rings is 1. The second-order valence-corrected chi connectivity index (χ2v) is 7.19. The Kier molecular flexibility index (Phi) is 3.72. The molecule has 1 atom stereocenters. The number of carbonyl (C=O) groups excluding carboxylic acids is 1. The van der Waals surface area contributed by atoms with E-state index in [2.05, 4.69) is 41.0 Å². The summed E-state index contributed by atoms with van der Waals surface area (Å²) in [6.45, 7) is 1.95. The van der Waals surface area contributed by atoms with Crippen molar-refractivity contribution in [3.05, 3.63) is 46.3 Å². The van der Waals surface area contributed by atoms with Gasteiger partial charge in [0.2, 0.25) is 0 Å². The Hall–Kier alpha value is -1.65. The van der Waals surface area contributed by atoms with Crippen LogP contribution < -0.4 is 10.6 Å². The molecule has 4 rings (SSSR count). The maximum absolute atomic E-state index is 12.5. The molecule has 1 aromatic carbocycles. The van der Waals surface area contributed by atoms with Gasteiger partial charge >= 0.3 is 0 Å². The first-order chi connectivity index (χ1) is 10.8. The minimum Gasteiger partial charge on any atom is -0.347 e. The third-order valence-electron chi connectivity index (χ3n) is 4.59. The van der Waals surface area contributed by atoms with E-state index in [1.54, 1.807) is 11.3 Å². The average Bonchev–Trinajstić information content (AvgIpc) is 3.00. The number of rotatable bonds is 2. The predicted molar refractivity (Wildman–Crippen MR) is 90.5 cm³/mol. The van der Waals surface area contributed by atoms with Gasteiger partial charge in [-0.3, -0.25) is 4.79 Å². The van der Waals surface area contributed by atoms with Gasteiger partial charge in [-0.2, -0.15) is 0 Å². The lowest BCUT2D eigenvalue weighted by atomic mass is 9.91. The van der Waals surface area contributed by atoms with Crippen molar-refractivity contribution >= 4 is 17.2 Å². The van der Waals surface area contributed by atoms with Crippen LogP contribution in [0.3, 0.4) is 0 Å². The lowest BCUT2D eigenvalue weighted by Crippen LogP contribution is -2.45. The van der Waals surface area contributed by atoms with E-state index in [9.17, 15) is 4.79 Å². The third-order valence-corrected chi connectivity index (χ3v) is 5.80. The van der Waals surface area contributed by atoms with E-state index in [0.717, 1.165) is 43.6 Å². The fourth-order valence-electron chi connectivity index (χ4n) is 3.42. The first-order valence-electron chi connectivity index (χ1n) is 8.04. The number of carbonyl (C=O) groups is 1. The summed E-state index contributed by atoms with van der Waals surface area (Å²) in [6.07, 6.45) is 4.33. The molecular weight excluding hydrogens is 292 g/mol. The van der Waals surface area contributed by atoms with Crippen molar-refractivity contribution in [3.63, 3.8) is 0 Å². The predicted octanol–water partition coefficient (Wildman–Crippen LogP) is 3.00. The molecule has 2 heterocycles. The quantitative estimate of drug-likeness (QED) is 0.895. The number of amides is 1. The summed E-state index contributed by atoms with van der Waals surface area (Å²) in [5.74, 6) is 0.0885. The molecular formula is C18H20N2OS. The summed E-state index contributed by atoms with van der Waals surface area (Å²) in [6, 6.07) is 10.9. The largest absolute Gasteiger partial charge is 0.347 e. The Balaban J connectivity index is 1.57. The second-order valence-electron chi connectivity index (χ2n) is 6.14. The molecule has 1 aliphatic carbocycles. The highest BCUT2D eigenvalue weighted by Crippen LogP contribution is 2.39. The molecule has 4 heteroatoms. The van der Waals surface area contributed by atoms with Gasteiger partial charge in [-0.25, -0.2) is 0 Å². The first kappa shape index (κ1) is 14.0. The van der Waals surface area contributed by atoms with Crippen LogP contribution in [0.1, 0.15) is 33.6 Å². The summed E-state index contributed by atoms with van der Waals surface area (Å²) in [5, 5.41) is 6.52. The molecule has 2 N–H and O–H groups in total. The van der Waals surface area contributed by atoms with Gasteiger partial charge in [0.05, 0.1) is 4.88 Å². The summed E-state index contributed by atoms with van der Waals surface area (Å²) >= 11 is 1.64. The smallest absolute Gasteiger partial charge is 0.261 e. The van der Waals surface area contributed by atoms with Gasteiger partial charge < -0.3 is 10.6 Å². The van der Waals surface area contributed by atoms with Crippen molar-refractivity contribution in [2.45, 2.75) is 31.7 Å². The van der Waals surface area contributed by atoms with E-state index in [4.69, 9.17) is 0 Å². The number of piperidine rings is 1. The molecule has 2 aromatic rings. The minimum absolute atomic E-state index is 0.0885. The monoisotopic (exact) mass is 312 g/mol. The molecule has 1 amide bonds. The Morgan fingerprint density at radius 3 is 2.95 bits per heavy atom. The summed E-state index contributed by atoms with van der Waals surface area (Å²) in [7, 11) is 0. The number of fused-ring (bicyclic) bond motifs is 3. The minimum atomic E-state index is 0.0885. The van der Waals surface area contributed by atoms with Crippen LogP contribution in [0.15, 0.2) is 30.3 Å². The molecule has 3 nitrogen and oxygen atoms in total. The zero-order valence-corrected chi connectivity index (χ0v) is 13.3. The third kappa shape index (κ3) is 2.57. The molecule has 1 fully saturated rings. The Morgan fingerprint density at radius 2 is 2.09 bits per heavy atom. The van der Waals surface area contributed by atoms with Crippen molar-refractivity contribution in [1.29, 1.82) is 0 Å².